The van der Waals surface area contributed by atoms with Gasteiger partial charge in [-0.1, -0.05) is 27.3 Å². The molecule has 18 heavy (non-hydrogen) atoms. The standard InChI is InChI=1S/C12H11BrN2O2S/c1-8-7-18-12(17)15(8)6-11(16)14-10-4-2-9(13)3-5-10/h2-5,7H,6H2,1H3,(H,14,16). The van der Waals surface area contributed by atoms with E-state index >= 15 is 0 Å². The lowest BCUT2D eigenvalue weighted by Gasteiger charge is -2.06. The number of carbonyl (C=O) groups excluding carboxylic acids is 1. The Balaban J connectivity index is 2.05. The highest BCUT2D eigenvalue weighted by Crippen LogP contribution is 2.14. The van der Waals surface area contributed by atoms with Crippen LogP contribution in [0.15, 0.2) is 38.9 Å². The SMILES string of the molecule is Cc1csc(=O)n1CC(=O)Nc1ccc(Br)cc1. The van der Waals surface area contributed by atoms with Gasteiger partial charge in [0.15, 0.2) is 0 Å². The molecule has 1 aromatic heterocycles. The van der Waals surface area contributed by atoms with Crippen molar-refractivity contribution < 1.29 is 4.79 Å². The summed E-state index contributed by atoms with van der Waals surface area (Å²) in [6.45, 7) is 1.86. The monoisotopic (exact) mass is 326 g/mol. The van der Waals surface area contributed by atoms with Gasteiger partial charge in [-0.25, -0.2) is 0 Å². The minimum Gasteiger partial charge on any atom is -0.325 e. The average molecular weight is 327 g/mol. The molecule has 0 atom stereocenters. The zero-order chi connectivity index (χ0) is 13.1. The van der Waals surface area contributed by atoms with E-state index in [0.717, 1.165) is 21.5 Å². The topological polar surface area (TPSA) is 51.1 Å². The number of benzene rings is 1. The lowest BCUT2D eigenvalue weighted by atomic mass is 10.3. The highest BCUT2D eigenvalue weighted by Gasteiger charge is 2.08. The van der Waals surface area contributed by atoms with Crippen molar-refractivity contribution in [2.75, 3.05) is 5.32 Å². The molecule has 0 saturated carbocycles. The van der Waals surface area contributed by atoms with Gasteiger partial charge in [0, 0.05) is 21.2 Å². The van der Waals surface area contributed by atoms with Crippen LogP contribution in [0.3, 0.4) is 0 Å². The Hall–Kier alpha value is -1.40. The summed E-state index contributed by atoms with van der Waals surface area (Å²) >= 11 is 4.43. The number of thiazole rings is 1. The minimum absolute atomic E-state index is 0.0459. The van der Waals surface area contributed by atoms with Gasteiger partial charge in [-0.3, -0.25) is 14.2 Å². The van der Waals surface area contributed by atoms with E-state index in [1.54, 1.807) is 17.5 Å². The number of halogens is 1. The van der Waals surface area contributed by atoms with Crippen LogP contribution in [0, 0.1) is 6.92 Å². The van der Waals surface area contributed by atoms with Crippen LogP contribution < -0.4 is 10.2 Å². The van der Waals surface area contributed by atoms with Crippen LogP contribution in [0.1, 0.15) is 5.69 Å². The Morgan fingerprint density at radius 2 is 2.06 bits per heavy atom. The van der Waals surface area contributed by atoms with Gasteiger partial charge in [0.1, 0.15) is 6.54 Å². The van der Waals surface area contributed by atoms with Gasteiger partial charge in [-0.05, 0) is 31.2 Å². The van der Waals surface area contributed by atoms with Gasteiger partial charge in [-0.15, -0.1) is 0 Å². The van der Waals surface area contributed by atoms with Gasteiger partial charge in [0.2, 0.25) is 5.91 Å². The van der Waals surface area contributed by atoms with E-state index in [0.29, 0.717) is 5.69 Å². The first-order valence-corrected chi connectivity index (χ1v) is 6.94. The van der Waals surface area contributed by atoms with Crippen molar-refractivity contribution >= 4 is 38.9 Å². The van der Waals surface area contributed by atoms with Crippen LogP contribution in [0.25, 0.3) is 0 Å². The van der Waals surface area contributed by atoms with Crippen molar-refractivity contribution in [3.63, 3.8) is 0 Å². The van der Waals surface area contributed by atoms with Crippen molar-refractivity contribution in [3.8, 4) is 0 Å². The van der Waals surface area contributed by atoms with Gasteiger partial charge < -0.3 is 5.32 Å². The summed E-state index contributed by atoms with van der Waals surface area (Å²) in [5.41, 5.74) is 1.51. The molecule has 0 aliphatic heterocycles. The molecule has 0 fully saturated rings. The van der Waals surface area contributed by atoms with Crippen molar-refractivity contribution in [2.24, 2.45) is 0 Å². The zero-order valence-electron chi connectivity index (χ0n) is 9.64. The Bertz CT molecular complexity index is 616. The number of hydrogen-bond acceptors (Lipinski definition) is 3. The molecule has 1 heterocycles. The molecule has 4 nitrogen and oxygen atoms in total. The number of carbonyl (C=O) groups is 1. The predicted octanol–water partition coefficient (Wildman–Crippen LogP) is 2.62. The number of rotatable bonds is 3. The minimum atomic E-state index is -0.207. The first kappa shape index (κ1) is 13.0. The maximum absolute atomic E-state index is 11.8. The molecule has 0 bridgehead atoms. The van der Waals surface area contributed by atoms with Gasteiger partial charge >= 0.3 is 4.87 Å². The maximum atomic E-state index is 11.8. The highest BCUT2D eigenvalue weighted by molar-refractivity contribution is 9.10. The Labute approximate surface area is 116 Å². The van der Waals surface area contributed by atoms with E-state index < -0.39 is 0 Å². The van der Waals surface area contributed by atoms with E-state index in [4.69, 9.17) is 0 Å². The summed E-state index contributed by atoms with van der Waals surface area (Å²) in [6, 6.07) is 7.28. The summed E-state index contributed by atoms with van der Waals surface area (Å²) in [7, 11) is 0. The molecular weight excluding hydrogens is 316 g/mol. The smallest absolute Gasteiger partial charge is 0.307 e. The number of nitrogens with zero attached hydrogens (tertiary/aromatic N) is 1. The van der Waals surface area contributed by atoms with Crippen molar-refractivity contribution in [1.82, 2.24) is 4.57 Å². The lowest BCUT2D eigenvalue weighted by molar-refractivity contribution is -0.116. The molecule has 2 aromatic rings. The van der Waals surface area contributed by atoms with Gasteiger partial charge in [0.25, 0.3) is 0 Å². The normalized spacial score (nSPS) is 10.3. The summed E-state index contributed by atoms with van der Waals surface area (Å²) in [5, 5.41) is 4.49. The lowest BCUT2D eigenvalue weighted by Crippen LogP contribution is -2.25. The summed E-state index contributed by atoms with van der Waals surface area (Å²) in [4.78, 5) is 23.1. The third-order valence-corrected chi connectivity index (χ3v) is 3.82. The fourth-order valence-corrected chi connectivity index (χ4v) is 2.47. The van der Waals surface area contributed by atoms with E-state index in [2.05, 4.69) is 21.2 Å². The molecule has 0 saturated heterocycles. The number of amides is 1. The molecular formula is C12H11BrN2O2S. The van der Waals surface area contributed by atoms with Crippen molar-refractivity contribution in [1.29, 1.82) is 0 Å². The molecule has 2 rings (SSSR count). The molecule has 0 spiro atoms. The second kappa shape index (κ2) is 5.49. The Kier molecular flexibility index (Phi) is 3.98. The Morgan fingerprint density at radius 3 is 2.61 bits per heavy atom. The molecule has 94 valence electrons. The van der Waals surface area contributed by atoms with E-state index in [1.165, 1.54) is 4.57 Å². The second-order valence-corrected chi connectivity index (χ2v) is 5.52. The highest BCUT2D eigenvalue weighted by atomic mass is 79.9. The zero-order valence-corrected chi connectivity index (χ0v) is 12.0. The van der Waals surface area contributed by atoms with E-state index in [-0.39, 0.29) is 17.3 Å². The largest absolute Gasteiger partial charge is 0.325 e. The average Bonchev–Trinajstić information content (AvgIpc) is 2.64. The molecule has 1 N–H and O–H groups in total. The van der Waals surface area contributed by atoms with E-state index in [9.17, 15) is 9.59 Å². The summed E-state index contributed by atoms with van der Waals surface area (Å²) in [6.07, 6.45) is 0. The number of aryl methyl sites for hydroxylation is 1. The maximum Gasteiger partial charge on any atom is 0.307 e. The second-order valence-electron chi connectivity index (χ2n) is 3.78. The number of anilines is 1. The molecule has 1 amide bonds. The fraction of sp³-hybridized carbons (Fsp3) is 0.167. The van der Waals surface area contributed by atoms with Crippen LogP contribution in [-0.4, -0.2) is 10.5 Å². The molecule has 0 aliphatic rings. The van der Waals surface area contributed by atoms with Crippen LogP contribution in [0.5, 0.6) is 0 Å². The van der Waals surface area contributed by atoms with Crippen LogP contribution in [0.4, 0.5) is 5.69 Å². The number of aromatic nitrogens is 1. The van der Waals surface area contributed by atoms with Gasteiger partial charge in [-0.2, -0.15) is 0 Å². The first-order chi connectivity index (χ1) is 8.56. The van der Waals surface area contributed by atoms with Crippen LogP contribution in [0.2, 0.25) is 0 Å². The molecule has 0 radical (unpaired) electrons. The molecule has 0 unspecified atom stereocenters. The third-order valence-electron chi connectivity index (χ3n) is 2.41. The van der Waals surface area contributed by atoms with E-state index in [1.807, 2.05) is 19.1 Å². The number of nitrogens with one attached hydrogen (secondary N) is 1. The predicted molar refractivity (Wildman–Crippen MR) is 76.1 cm³/mol. The quantitative estimate of drug-likeness (QED) is 0.942. The molecule has 6 heteroatoms. The van der Waals surface area contributed by atoms with Gasteiger partial charge in [0.05, 0.1) is 0 Å². The van der Waals surface area contributed by atoms with Crippen molar-refractivity contribution in [2.45, 2.75) is 13.5 Å². The molecule has 0 aliphatic carbocycles. The number of hydrogen-bond donors (Lipinski definition) is 1. The first-order valence-electron chi connectivity index (χ1n) is 5.26. The summed E-state index contributed by atoms with van der Waals surface area (Å²) < 4.78 is 2.41. The summed E-state index contributed by atoms with van der Waals surface area (Å²) in [5.74, 6) is -0.207. The third kappa shape index (κ3) is 3.08. The fourth-order valence-electron chi connectivity index (χ4n) is 1.47. The van der Waals surface area contributed by atoms with Crippen molar-refractivity contribution in [3.05, 3.63) is 49.5 Å². The Morgan fingerprint density at radius 1 is 1.39 bits per heavy atom. The van der Waals surface area contributed by atoms with Crippen LogP contribution >= 0.6 is 27.3 Å². The molecule has 1 aromatic carbocycles. The van der Waals surface area contributed by atoms with Crippen LogP contribution in [-0.2, 0) is 11.3 Å².